The highest BCUT2D eigenvalue weighted by molar-refractivity contribution is 5.92. The molecule has 0 atom stereocenters. The molecule has 9 nitrogen and oxygen atoms in total. The molecule has 40 heavy (non-hydrogen) atoms. The number of methoxy groups -OCH3 is 3. The monoisotopic (exact) mass is 551 g/mol. The van der Waals surface area contributed by atoms with E-state index >= 15 is 0 Å². The molecule has 1 N–H and O–H groups in total. The molecule has 0 aliphatic rings. The van der Waals surface area contributed by atoms with E-state index in [-0.39, 0.29) is 18.5 Å². The van der Waals surface area contributed by atoms with E-state index in [1.54, 1.807) is 38.6 Å². The first-order valence-corrected chi connectivity index (χ1v) is 13.5. The summed E-state index contributed by atoms with van der Waals surface area (Å²) >= 11 is 0. The van der Waals surface area contributed by atoms with Gasteiger partial charge in [-0.3, -0.25) is 4.79 Å². The Hall–Kier alpha value is -3.98. The van der Waals surface area contributed by atoms with Gasteiger partial charge in [0, 0.05) is 32.5 Å². The Balaban J connectivity index is 1.73. The molecule has 1 heterocycles. The van der Waals surface area contributed by atoms with E-state index in [0.717, 1.165) is 5.56 Å². The lowest BCUT2D eigenvalue weighted by atomic mass is 10.0. The van der Waals surface area contributed by atoms with Crippen LogP contribution in [0.5, 0.6) is 11.5 Å². The maximum absolute atomic E-state index is 13.6. The quantitative estimate of drug-likeness (QED) is 0.249. The van der Waals surface area contributed by atoms with Gasteiger partial charge in [0.05, 0.1) is 27.0 Å². The summed E-state index contributed by atoms with van der Waals surface area (Å²) in [6, 6.07) is 16.8. The summed E-state index contributed by atoms with van der Waals surface area (Å²) in [7, 11) is 4.80. The number of amides is 3. The van der Waals surface area contributed by atoms with Crippen LogP contribution in [0.1, 0.15) is 43.1 Å². The molecule has 0 saturated heterocycles. The standard InChI is InChI=1S/C31H41N3O6/c1-23(2)25-10-12-26(13-11-25)32-31(36)34(16-7-18-37-3)22-30(35)33(21-27-8-6-19-40-27)17-15-24-9-14-28(38-4)29(20-24)39-5/h6,8-14,19-20,23H,7,15-18,21-22H2,1-5H3,(H,32,36). The second kappa shape index (κ2) is 15.6. The van der Waals surface area contributed by atoms with Crippen LogP contribution in [0.25, 0.3) is 0 Å². The van der Waals surface area contributed by atoms with Crippen LogP contribution >= 0.6 is 0 Å². The van der Waals surface area contributed by atoms with E-state index in [9.17, 15) is 9.59 Å². The minimum atomic E-state index is -0.334. The number of carbonyl (C=O) groups excluding carboxylic acids is 2. The van der Waals surface area contributed by atoms with Crippen molar-refractivity contribution in [1.82, 2.24) is 9.80 Å². The summed E-state index contributed by atoms with van der Waals surface area (Å²) in [6.45, 7) is 5.75. The minimum absolute atomic E-state index is 0.0771. The zero-order valence-electron chi connectivity index (χ0n) is 24.1. The number of nitrogens with zero attached hydrogens (tertiary/aromatic N) is 2. The molecule has 0 spiro atoms. The van der Waals surface area contributed by atoms with Gasteiger partial charge in [-0.25, -0.2) is 4.79 Å². The highest BCUT2D eigenvalue weighted by atomic mass is 16.5. The second-order valence-corrected chi connectivity index (χ2v) is 9.81. The van der Waals surface area contributed by atoms with Crippen molar-refractivity contribution in [3.8, 4) is 11.5 Å². The van der Waals surface area contributed by atoms with E-state index in [4.69, 9.17) is 18.6 Å². The number of hydrogen-bond acceptors (Lipinski definition) is 6. The summed E-state index contributed by atoms with van der Waals surface area (Å²) in [6.07, 6.45) is 2.78. The molecule has 1 aromatic heterocycles. The second-order valence-electron chi connectivity index (χ2n) is 9.81. The summed E-state index contributed by atoms with van der Waals surface area (Å²) in [4.78, 5) is 30.1. The van der Waals surface area contributed by atoms with Crippen molar-refractivity contribution in [2.75, 3.05) is 52.9 Å². The first kappa shape index (κ1) is 30.6. The van der Waals surface area contributed by atoms with Gasteiger partial charge >= 0.3 is 6.03 Å². The first-order chi connectivity index (χ1) is 19.3. The molecular formula is C31H41N3O6. The summed E-state index contributed by atoms with van der Waals surface area (Å²) in [5, 5.41) is 2.94. The van der Waals surface area contributed by atoms with Gasteiger partial charge in [-0.2, -0.15) is 0 Å². The maximum atomic E-state index is 13.6. The molecule has 0 radical (unpaired) electrons. The zero-order valence-corrected chi connectivity index (χ0v) is 24.1. The van der Waals surface area contributed by atoms with E-state index < -0.39 is 0 Å². The number of anilines is 1. The first-order valence-electron chi connectivity index (χ1n) is 13.5. The van der Waals surface area contributed by atoms with Crippen LogP contribution < -0.4 is 14.8 Å². The van der Waals surface area contributed by atoms with E-state index in [1.807, 2.05) is 48.5 Å². The number of hydrogen-bond donors (Lipinski definition) is 1. The van der Waals surface area contributed by atoms with Crippen LogP contribution in [0.4, 0.5) is 10.5 Å². The molecule has 0 fully saturated rings. The van der Waals surface area contributed by atoms with Crippen molar-refractivity contribution < 1.29 is 28.2 Å². The van der Waals surface area contributed by atoms with Crippen molar-refractivity contribution in [2.45, 2.75) is 39.2 Å². The summed E-state index contributed by atoms with van der Waals surface area (Å²) in [5.41, 5.74) is 2.86. The molecule has 0 aliphatic carbocycles. The number of carbonyl (C=O) groups is 2. The highest BCUT2D eigenvalue weighted by Crippen LogP contribution is 2.28. The van der Waals surface area contributed by atoms with E-state index in [1.165, 1.54) is 10.5 Å². The van der Waals surface area contributed by atoms with E-state index in [0.29, 0.717) is 67.9 Å². The normalized spacial score (nSPS) is 10.8. The van der Waals surface area contributed by atoms with Crippen molar-refractivity contribution in [2.24, 2.45) is 0 Å². The zero-order chi connectivity index (χ0) is 28.9. The molecule has 3 rings (SSSR count). The van der Waals surface area contributed by atoms with Crippen LogP contribution in [0.2, 0.25) is 0 Å². The third-order valence-corrected chi connectivity index (χ3v) is 6.62. The van der Waals surface area contributed by atoms with Crippen molar-refractivity contribution >= 4 is 17.6 Å². The predicted molar refractivity (Wildman–Crippen MR) is 155 cm³/mol. The van der Waals surface area contributed by atoms with Crippen LogP contribution in [-0.4, -0.2) is 69.3 Å². The van der Waals surface area contributed by atoms with Crippen molar-refractivity contribution in [1.29, 1.82) is 0 Å². The van der Waals surface area contributed by atoms with Gasteiger partial charge in [0.15, 0.2) is 11.5 Å². The molecule has 3 amide bonds. The van der Waals surface area contributed by atoms with Gasteiger partial charge in [-0.05, 0) is 66.3 Å². The highest BCUT2D eigenvalue weighted by Gasteiger charge is 2.22. The lowest BCUT2D eigenvalue weighted by Crippen LogP contribution is -2.45. The Labute approximate surface area is 237 Å². The fourth-order valence-corrected chi connectivity index (χ4v) is 4.25. The lowest BCUT2D eigenvalue weighted by Gasteiger charge is -2.27. The van der Waals surface area contributed by atoms with Crippen LogP contribution in [0, 0.1) is 0 Å². The minimum Gasteiger partial charge on any atom is -0.493 e. The number of furan rings is 1. The number of urea groups is 1. The van der Waals surface area contributed by atoms with Gasteiger partial charge < -0.3 is 33.7 Å². The largest absolute Gasteiger partial charge is 0.493 e. The number of benzene rings is 2. The number of ether oxygens (including phenoxy) is 3. The molecule has 0 aliphatic heterocycles. The average molecular weight is 552 g/mol. The Morgan fingerprint density at radius 1 is 0.925 bits per heavy atom. The average Bonchev–Trinajstić information content (AvgIpc) is 3.48. The fourth-order valence-electron chi connectivity index (χ4n) is 4.25. The van der Waals surface area contributed by atoms with Crippen LogP contribution in [0.3, 0.4) is 0 Å². The van der Waals surface area contributed by atoms with E-state index in [2.05, 4.69) is 19.2 Å². The molecule has 9 heteroatoms. The van der Waals surface area contributed by atoms with Gasteiger partial charge in [0.2, 0.25) is 5.91 Å². The molecule has 216 valence electrons. The third-order valence-electron chi connectivity index (χ3n) is 6.62. The summed E-state index contributed by atoms with van der Waals surface area (Å²) < 4.78 is 21.5. The van der Waals surface area contributed by atoms with Crippen LogP contribution in [-0.2, 0) is 22.5 Å². The Morgan fingerprint density at radius 2 is 1.68 bits per heavy atom. The molecule has 0 saturated carbocycles. The Morgan fingerprint density at radius 3 is 2.30 bits per heavy atom. The Bertz CT molecular complexity index is 1190. The molecular weight excluding hydrogens is 510 g/mol. The van der Waals surface area contributed by atoms with Crippen LogP contribution in [0.15, 0.2) is 65.3 Å². The molecule has 2 aromatic carbocycles. The van der Waals surface area contributed by atoms with Gasteiger partial charge in [0.1, 0.15) is 12.3 Å². The fraction of sp³-hybridized carbons (Fsp3) is 0.419. The maximum Gasteiger partial charge on any atom is 0.322 e. The SMILES string of the molecule is COCCCN(CC(=O)N(CCc1ccc(OC)c(OC)c1)Cc1ccco1)C(=O)Nc1ccc(C(C)C)cc1. The topological polar surface area (TPSA) is 93.5 Å². The van der Waals surface area contributed by atoms with Crippen molar-refractivity contribution in [3.05, 3.63) is 77.7 Å². The Kier molecular flexibility index (Phi) is 11.9. The number of nitrogens with one attached hydrogen (secondary N) is 1. The lowest BCUT2D eigenvalue weighted by molar-refractivity contribution is -0.132. The van der Waals surface area contributed by atoms with Gasteiger partial charge in [-0.15, -0.1) is 0 Å². The third kappa shape index (κ3) is 9.05. The molecule has 0 unspecified atom stereocenters. The van der Waals surface area contributed by atoms with Crippen molar-refractivity contribution in [3.63, 3.8) is 0 Å². The molecule has 0 bridgehead atoms. The van der Waals surface area contributed by atoms with Gasteiger partial charge in [-0.1, -0.05) is 32.0 Å². The molecule has 3 aromatic rings. The number of rotatable bonds is 15. The summed E-state index contributed by atoms with van der Waals surface area (Å²) in [5.74, 6) is 2.16. The van der Waals surface area contributed by atoms with Gasteiger partial charge in [0.25, 0.3) is 0 Å². The predicted octanol–water partition coefficient (Wildman–Crippen LogP) is 5.56. The smallest absolute Gasteiger partial charge is 0.322 e.